The molecule has 0 saturated heterocycles. The van der Waals surface area contributed by atoms with E-state index in [0.29, 0.717) is 4.88 Å². The van der Waals surface area contributed by atoms with Gasteiger partial charge in [0.05, 0.1) is 4.88 Å². The molecule has 1 aromatic heterocycles. The Morgan fingerprint density at radius 2 is 2.04 bits per heavy atom. The summed E-state index contributed by atoms with van der Waals surface area (Å²) in [7, 11) is 0. The molecule has 1 aliphatic heterocycles. The molecule has 1 aliphatic rings. The number of aryl methyl sites for hydroxylation is 1. The number of nitrogens with zero attached hydrogens (tertiary/aromatic N) is 1. The maximum atomic E-state index is 13.4. The van der Waals surface area contributed by atoms with Crippen molar-refractivity contribution in [2.24, 2.45) is 0 Å². The molecule has 1 amide bonds. The lowest BCUT2D eigenvalue weighted by molar-refractivity contribution is 0.0979. The van der Waals surface area contributed by atoms with Crippen LogP contribution in [0.5, 0.6) is 0 Å². The summed E-state index contributed by atoms with van der Waals surface area (Å²) in [6.45, 7) is 2.08. The maximum Gasteiger partial charge on any atom is 0.268 e. The number of halogens is 1. The van der Waals surface area contributed by atoms with E-state index in [2.05, 4.69) is 13.0 Å². The van der Waals surface area contributed by atoms with E-state index in [-0.39, 0.29) is 17.8 Å². The summed E-state index contributed by atoms with van der Waals surface area (Å²) in [5, 5.41) is 0.788. The molecule has 0 radical (unpaired) electrons. The number of amides is 1. The predicted octanol–water partition coefficient (Wildman–Crippen LogP) is 5.02. The number of hydrogen-bond donors (Lipinski definition) is 0. The highest BCUT2D eigenvalue weighted by Gasteiger charge is 2.29. The van der Waals surface area contributed by atoms with Crippen molar-refractivity contribution in [3.8, 4) is 0 Å². The third-order valence-electron chi connectivity index (χ3n) is 4.43. The van der Waals surface area contributed by atoms with E-state index in [1.54, 1.807) is 12.1 Å². The molecule has 116 valence electrons. The van der Waals surface area contributed by atoms with Gasteiger partial charge >= 0.3 is 0 Å². The average Bonchev–Trinajstić information content (AvgIpc) is 2.97. The fraction of sp³-hybridized carbons (Fsp3) is 0.211. The van der Waals surface area contributed by atoms with Crippen LogP contribution in [0.4, 0.5) is 10.1 Å². The van der Waals surface area contributed by atoms with Crippen molar-refractivity contribution < 1.29 is 9.18 Å². The van der Waals surface area contributed by atoms with E-state index in [1.165, 1.54) is 29.0 Å². The van der Waals surface area contributed by atoms with Crippen LogP contribution in [0.25, 0.3) is 10.1 Å². The zero-order chi connectivity index (χ0) is 16.0. The van der Waals surface area contributed by atoms with Gasteiger partial charge in [-0.2, -0.15) is 0 Å². The van der Waals surface area contributed by atoms with E-state index in [1.807, 2.05) is 23.1 Å². The van der Waals surface area contributed by atoms with E-state index >= 15 is 0 Å². The van der Waals surface area contributed by atoms with Gasteiger partial charge in [-0.15, -0.1) is 11.3 Å². The Labute approximate surface area is 138 Å². The van der Waals surface area contributed by atoms with Gasteiger partial charge in [0.1, 0.15) is 5.82 Å². The largest absolute Gasteiger partial charge is 0.305 e. The number of benzene rings is 2. The first-order valence-corrected chi connectivity index (χ1v) is 8.56. The lowest BCUT2D eigenvalue weighted by atomic mass is 9.96. The number of para-hydroxylation sites is 1. The first-order valence-electron chi connectivity index (χ1n) is 7.74. The summed E-state index contributed by atoms with van der Waals surface area (Å²) in [5.74, 6) is -0.266. The lowest BCUT2D eigenvalue weighted by Gasteiger charge is -2.35. The van der Waals surface area contributed by atoms with Gasteiger partial charge in [0.15, 0.2) is 0 Å². The molecule has 2 heterocycles. The summed E-state index contributed by atoms with van der Waals surface area (Å²) in [4.78, 5) is 15.6. The number of hydrogen-bond acceptors (Lipinski definition) is 2. The summed E-state index contributed by atoms with van der Waals surface area (Å²) < 4.78 is 14.3. The summed E-state index contributed by atoms with van der Waals surface area (Å²) in [6.07, 6.45) is 1.96. The molecule has 23 heavy (non-hydrogen) atoms. The Morgan fingerprint density at radius 3 is 2.91 bits per heavy atom. The summed E-state index contributed by atoms with van der Waals surface area (Å²) in [6, 6.07) is 14.7. The van der Waals surface area contributed by atoms with Crippen LogP contribution in [0.15, 0.2) is 48.5 Å². The Morgan fingerprint density at radius 1 is 1.22 bits per heavy atom. The normalized spacial score (nSPS) is 17.3. The minimum absolute atomic E-state index is 0.00579. The zero-order valence-corrected chi connectivity index (χ0v) is 13.6. The van der Waals surface area contributed by atoms with Gasteiger partial charge in [0.25, 0.3) is 5.91 Å². The van der Waals surface area contributed by atoms with E-state index in [4.69, 9.17) is 0 Å². The Hall–Kier alpha value is -2.20. The van der Waals surface area contributed by atoms with Gasteiger partial charge in [-0.05, 0) is 61.0 Å². The van der Waals surface area contributed by atoms with E-state index in [0.717, 1.165) is 28.6 Å². The van der Waals surface area contributed by atoms with Crippen molar-refractivity contribution in [2.45, 2.75) is 25.8 Å². The fourth-order valence-electron chi connectivity index (χ4n) is 3.24. The smallest absolute Gasteiger partial charge is 0.268 e. The van der Waals surface area contributed by atoms with Gasteiger partial charge in [0.2, 0.25) is 0 Å². The Kier molecular flexibility index (Phi) is 3.42. The number of thiophene rings is 1. The SMILES string of the molecule is C[C@H]1CCc2ccccc2N1C(=O)c1cc2cc(F)ccc2s1. The quantitative estimate of drug-likeness (QED) is 0.615. The second-order valence-electron chi connectivity index (χ2n) is 5.98. The molecule has 3 aromatic rings. The molecular weight excluding hydrogens is 309 g/mol. The van der Waals surface area contributed by atoms with Crippen molar-refractivity contribution in [1.29, 1.82) is 0 Å². The third kappa shape index (κ3) is 2.43. The van der Waals surface area contributed by atoms with E-state index < -0.39 is 0 Å². The van der Waals surface area contributed by atoms with Gasteiger partial charge in [0, 0.05) is 16.4 Å². The molecule has 0 N–H and O–H groups in total. The second kappa shape index (κ2) is 5.46. The first kappa shape index (κ1) is 14.4. The van der Waals surface area contributed by atoms with Gasteiger partial charge in [-0.25, -0.2) is 4.39 Å². The highest BCUT2D eigenvalue weighted by Crippen LogP contribution is 2.34. The van der Waals surface area contributed by atoms with Crippen molar-refractivity contribution in [2.75, 3.05) is 4.90 Å². The van der Waals surface area contributed by atoms with Crippen molar-refractivity contribution in [1.82, 2.24) is 0 Å². The second-order valence-corrected chi connectivity index (χ2v) is 7.07. The van der Waals surface area contributed by atoms with Gasteiger partial charge in [-0.3, -0.25) is 4.79 Å². The lowest BCUT2D eigenvalue weighted by Crippen LogP contribution is -2.41. The maximum absolute atomic E-state index is 13.4. The molecule has 2 aromatic carbocycles. The van der Waals surface area contributed by atoms with Crippen LogP contribution in [-0.4, -0.2) is 11.9 Å². The van der Waals surface area contributed by atoms with Crippen LogP contribution >= 0.6 is 11.3 Å². The topological polar surface area (TPSA) is 20.3 Å². The summed E-state index contributed by atoms with van der Waals surface area (Å²) in [5.41, 5.74) is 2.21. The monoisotopic (exact) mass is 325 g/mol. The minimum atomic E-state index is -0.272. The highest BCUT2D eigenvalue weighted by atomic mass is 32.1. The zero-order valence-electron chi connectivity index (χ0n) is 12.8. The van der Waals surface area contributed by atoms with Crippen molar-refractivity contribution in [3.05, 3.63) is 64.8 Å². The highest BCUT2D eigenvalue weighted by molar-refractivity contribution is 7.20. The Bertz CT molecular complexity index is 901. The Balaban J connectivity index is 1.78. The van der Waals surface area contributed by atoms with Crippen LogP contribution in [0.3, 0.4) is 0 Å². The van der Waals surface area contributed by atoms with Crippen LogP contribution in [0.2, 0.25) is 0 Å². The number of rotatable bonds is 1. The van der Waals surface area contributed by atoms with Gasteiger partial charge in [-0.1, -0.05) is 18.2 Å². The van der Waals surface area contributed by atoms with E-state index in [9.17, 15) is 9.18 Å². The molecule has 1 atom stereocenters. The number of carbonyl (C=O) groups is 1. The van der Waals surface area contributed by atoms with Crippen molar-refractivity contribution >= 4 is 33.0 Å². The molecule has 0 spiro atoms. The molecule has 2 nitrogen and oxygen atoms in total. The number of fused-ring (bicyclic) bond motifs is 2. The molecular formula is C19H16FNOS. The molecule has 4 rings (SSSR count). The third-order valence-corrected chi connectivity index (χ3v) is 5.54. The van der Waals surface area contributed by atoms with Crippen molar-refractivity contribution in [3.63, 3.8) is 0 Å². The molecule has 0 aliphatic carbocycles. The standard InChI is InChI=1S/C19H16FNOS/c1-12-6-7-13-4-2-3-5-16(13)21(12)19(22)18-11-14-10-15(20)8-9-17(14)23-18/h2-5,8-12H,6-7H2,1H3/t12-/m0/s1. The first-order chi connectivity index (χ1) is 11.1. The molecule has 0 saturated carbocycles. The van der Waals surface area contributed by atoms with Gasteiger partial charge < -0.3 is 4.90 Å². The molecule has 4 heteroatoms. The van der Waals surface area contributed by atoms with Crippen LogP contribution < -0.4 is 4.90 Å². The fourth-order valence-corrected chi connectivity index (χ4v) is 4.22. The minimum Gasteiger partial charge on any atom is -0.305 e. The van der Waals surface area contributed by atoms with Crippen LogP contribution in [0.1, 0.15) is 28.6 Å². The molecule has 0 fully saturated rings. The number of anilines is 1. The summed E-state index contributed by atoms with van der Waals surface area (Å²) >= 11 is 1.43. The van der Waals surface area contributed by atoms with Crippen LogP contribution in [0, 0.1) is 5.82 Å². The molecule has 0 unspecified atom stereocenters. The number of carbonyl (C=O) groups excluding carboxylic acids is 1. The average molecular weight is 325 g/mol. The predicted molar refractivity (Wildman–Crippen MR) is 92.8 cm³/mol. The van der Waals surface area contributed by atoms with Crippen LogP contribution in [-0.2, 0) is 6.42 Å². The molecule has 0 bridgehead atoms.